The van der Waals surface area contributed by atoms with Crippen LogP contribution in [0.15, 0.2) is 76.9 Å². The highest BCUT2D eigenvalue weighted by atomic mass is 32.2. The van der Waals surface area contributed by atoms with Gasteiger partial charge in [-0.2, -0.15) is 5.10 Å². The number of hydrogen-bond donors (Lipinski definition) is 1. The van der Waals surface area contributed by atoms with E-state index >= 15 is 0 Å². The van der Waals surface area contributed by atoms with Crippen LogP contribution in [0.2, 0.25) is 0 Å². The smallest absolute Gasteiger partial charge is 0.236 e. The van der Waals surface area contributed by atoms with Gasteiger partial charge in [0.05, 0.1) is 12.0 Å². The summed E-state index contributed by atoms with van der Waals surface area (Å²) in [6.07, 6.45) is 1.68. The lowest BCUT2D eigenvalue weighted by molar-refractivity contribution is -0.116. The van der Waals surface area contributed by atoms with Crippen LogP contribution in [0.4, 0.5) is 0 Å². The van der Waals surface area contributed by atoms with E-state index in [-0.39, 0.29) is 5.91 Å². The molecule has 27 heavy (non-hydrogen) atoms. The third-order valence-electron chi connectivity index (χ3n) is 4.09. The fourth-order valence-electron chi connectivity index (χ4n) is 2.79. The first kappa shape index (κ1) is 17.3. The Balaban J connectivity index is 1.64. The summed E-state index contributed by atoms with van der Waals surface area (Å²) in [5.74, 6) is 1.07. The highest BCUT2D eigenvalue weighted by molar-refractivity contribution is 8.15. The van der Waals surface area contributed by atoms with E-state index < -0.39 is 0 Å². The molecule has 1 amide bonds. The summed E-state index contributed by atoms with van der Waals surface area (Å²) < 4.78 is 6.06. The van der Waals surface area contributed by atoms with Gasteiger partial charge in [-0.15, -0.1) is 5.10 Å². The number of carbonyl (C=O) groups excluding carboxylic acids is 1. The topological polar surface area (TPSA) is 63.0 Å². The molecule has 134 valence electrons. The molecule has 4 rings (SSSR count). The zero-order valence-electron chi connectivity index (χ0n) is 14.5. The van der Waals surface area contributed by atoms with E-state index in [1.54, 1.807) is 6.21 Å². The minimum atomic E-state index is -0.0500. The van der Waals surface area contributed by atoms with Crippen LogP contribution in [0, 0.1) is 0 Å². The number of nitrogens with zero attached hydrogens (tertiary/aromatic N) is 2. The predicted octanol–water partition coefficient (Wildman–Crippen LogP) is 3.97. The summed E-state index contributed by atoms with van der Waals surface area (Å²) in [6.45, 7) is 0.473. The van der Waals surface area contributed by atoms with Gasteiger partial charge in [-0.1, -0.05) is 72.4 Å². The Labute approximate surface area is 161 Å². The van der Waals surface area contributed by atoms with Gasteiger partial charge in [-0.3, -0.25) is 4.79 Å². The fraction of sp³-hybridized carbons (Fsp3) is 0.0952. The normalized spacial score (nSPS) is 15.6. The fourth-order valence-corrected chi connectivity index (χ4v) is 3.42. The molecule has 1 saturated heterocycles. The number of thioether (sulfide) groups is 1. The van der Waals surface area contributed by atoms with E-state index in [9.17, 15) is 4.79 Å². The maximum atomic E-state index is 11.3. The van der Waals surface area contributed by atoms with Crippen molar-refractivity contribution in [2.45, 2.75) is 6.61 Å². The number of rotatable bonds is 5. The first-order valence-electron chi connectivity index (χ1n) is 8.52. The molecule has 0 saturated carbocycles. The van der Waals surface area contributed by atoms with Crippen LogP contribution in [0.25, 0.3) is 10.8 Å². The third-order valence-corrected chi connectivity index (χ3v) is 4.95. The van der Waals surface area contributed by atoms with Crippen molar-refractivity contribution in [1.29, 1.82) is 0 Å². The van der Waals surface area contributed by atoms with Crippen LogP contribution in [0.5, 0.6) is 5.75 Å². The van der Waals surface area contributed by atoms with E-state index in [1.807, 2.05) is 66.7 Å². The molecule has 1 aliphatic heterocycles. The van der Waals surface area contributed by atoms with Crippen molar-refractivity contribution in [2.24, 2.45) is 10.2 Å². The van der Waals surface area contributed by atoms with Crippen molar-refractivity contribution in [3.8, 4) is 5.75 Å². The number of hydrogen-bond acceptors (Lipinski definition) is 5. The van der Waals surface area contributed by atoms with Gasteiger partial charge in [0.25, 0.3) is 0 Å². The van der Waals surface area contributed by atoms with Crippen molar-refractivity contribution < 1.29 is 9.53 Å². The highest BCUT2D eigenvalue weighted by Gasteiger charge is 2.16. The van der Waals surface area contributed by atoms with E-state index in [1.165, 1.54) is 11.8 Å². The van der Waals surface area contributed by atoms with Gasteiger partial charge in [0.2, 0.25) is 5.91 Å². The van der Waals surface area contributed by atoms with Crippen molar-refractivity contribution in [2.75, 3.05) is 5.75 Å². The minimum absolute atomic E-state index is 0.0500. The Hall–Kier alpha value is -3.12. The Bertz CT molecular complexity index is 1030. The highest BCUT2D eigenvalue weighted by Crippen LogP contribution is 2.27. The predicted molar refractivity (Wildman–Crippen MR) is 110 cm³/mol. The number of ether oxygens (including phenoxy) is 1. The second-order valence-electron chi connectivity index (χ2n) is 5.96. The quantitative estimate of drug-likeness (QED) is 0.542. The molecule has 3 aromatic rings. The van der Waals surface area contributed by atoms with Crippen molar-refractivity contribution in [3.05, 3.63) is 77.9 Å². The summed E-state index contributed by atoms with van der Waals surface area (Å²) in [4.78, 5) is 11.3. The molecule has 0 bridgehead atoms. The van der Waals surface area contributed by atoms with Gasteiger partial charge in [-0.25, -0.2) is 0 Å². The maximum Gasteiger partial charge on any atom is 0.236 e. The van der Waals surface area contributed by atoms with Gasteiger partial charge >= 0.3 is 0 Å². The van der Waals surface area contributed by atoms with Gasteiger partial charge < -0.3 is 10.1 Å². The monoisotopic (exact) mass is 375 g/mol. The standard InChI is InChI=1S/C21H17N3O2S/c25-20-14-27-21(23-20)24-22-12-18-17-9-5-4-8-16(17)10-11-19(18)26-13-15-6-2-1-3-7-15/h1-12H,13-14H2,(H,23,24,25)/b22-12+. The molecule has 1 aliphatic rings. The molecule has 0 radical (unpaired) electrons. The van der Waals surface area contributed by atoms with Crippen LogP contribution in [0.1, 0.15) is 11.1 Å². The Kier molecular flexibility index (Phi) is 5.16. The van der Waals surface area contributed by atoms with Crippen LogP contribution >= 0.6 is 11.8 Å². The van der Waals surface area contributed by atoms with Crippen molar-refractivity contribution in [3.63, 3.8) is 0 Å². The lowest BCUT2D eigenvalue weighted by atomic mass is 10.0. The van der Waals surface area contributed by atoms with E-state index in [0.717, 1.165) is 27.6 Å². The molecule has 3 aromatic carbocycles. The summed E-state index contributed by atoms with van der Waals surface area (Å²) in [6, 6.07) is 22.1. The average Bonchev–Trinajstić information content (AvgIpc) is 3.13. The van der Waals surface area contributed by atoms with Gasteiger partial charge in [0.1, 0.15) is 12.4 Å². The minimum Gasteiger partial charge on any atom is -0.488 e. The van der Waals surface area contributed by atoms with Crippen LogP contribution in [-0.2, 0) is 11.4 Å². The number of benzene rings is 3. The largest absolute Gasteiger partial charge is 0.488 e. The molecule has 1 fully saturated rings. The van der Waals surface area contributed by atoms with Crippen molar-refractivity contribution in [1.82, 2.24) is 5.32 Å². The number of fused-ring (bicyclic) bond motifs is 1. The van der Waals surface area contributed by atoms with Gasteiger partial charge in [-0.05, 0) is 22.4 Å². The first-order valence-corrected chi connectivity index (χ1v) is 9.50. The number of amides is 1. The summed E-state index contributed by atoms with van der Waals surface area (Å²) in [5.41, 5.74) is 1.96. The first-order chi connectivity index (χ1) is 13.3. The van der Waals surface area contributed by atoms with Gasteiger partial charge in [0.15, 0.2) is 5.17 Å². The van der Waals surface area contributed by atoms with Crippen LogP contribution in [-0.4, -0.2) is 23.0 Å². The molecule has 0 unspecified atom stereocenters. The Morgan fingerprint density at radius 2 is 1.85 bits per heavy atom. The molecule has 5 nitrogen and oxygen atoms in total. The molecule has 1 heterocycles. The lowest BCUT2D eigenvalue weighted by Crippen LogP contribution is -2.19. The SMILES string of the molecule is O=C1CSC(=N/N=C/c2c(OCc3ccccc3)ccc3ccccc23)N1. The maximum absolute atomic E-state index is 11.3. The van der Waals surface area contributed by atoms with Crippen LogP contribution < -0.4 is 10.1 Å². The Morgan fingerprint density at radius 3 is 2.67 bits per heavy atom. The molecular formula is C21H17N3O2S. The van der Waals surface area contributed by atoms with E-state index in [2.05, 4.69) is 15.5 Å². The van der Waals surface area contributed by atoms with E-state index in [0.29, 0.717) is 17.5 Å². The average molecular weight is 375 g/mol. The summed E-state index contributed by atoms with van der Waals surface area (Å²) >= 11 is 1.35. The zero-order chi connectivity index (χ0) is 18.5. The number of nitrogens with one attached hydrogen (secondary N) is 1. The molecule has 0 atom stereocenters. The molecule has 6 heteroatoms. The second kappa shape index (κ2) is 8.05. The summed E-state index contributed by atoms with van der Waals surface area (Å²) in [5, 5.41) is 13.6. The molecular weight excluding hydrogens is 358 g/mol. The zero-order valence-corrected chi connectivity index (χ0v) is 15.3. The molecule has 0 spiro atoms. The molecule has 1 N–H and O–H groups in total. The second-order valence-corrected chi connectivity index (χ2v) is 6.92. The summed E-state index contributed by atoms with van der Waals surface area (Å²) in [7, 11) is 0. The molecule has 0 aliphatic carbocycles. The van der Waals surface area contributed by atoms with Gasteiger partial charge in [0, 0.05) is 5.56 Å². The van der Waals surface area contributed by atoms with Crippen molar-refractivity contribution >= 4 is 39.8 Å². The lowest BCUT2D eigenvalue weighted by Gasteiger charge is -2.11. The third kappa shape index (κ3) is 4.17. The van der Waals surface area contributed by atoms with Crippen LogP contribution in [0.3, 0.4) is 0 Å². The molecule has 0 aromatic heterocycles. The number of amidine groups is 1. The Morgan fingerprint density at radius 1 is 1.04 bits per heavy atom. The number of carbonyl (C=O) groups is 1. The van der Waals surface area contributed by atoms with E-state index in [4.69, 9.17) is 4.74 Å².